The van der Waals surface area contributed by atoms with Gasteiger partial charge in [0.15, 0.2) is 11.4 Å². The SMILES string of the molecule is c1csc(-c2nnc(Sc3nc4ccccc4o3)n2C[C@H]2CCCO2)c1. The van der Waals surface area contributed by atoms with Crippen molar-refractivity contribution in [2.45, 2.75) is 35.9 Å². The van der Waals surface area contributed by atoms with Crippen LogP contribution in [-0.4, -0.2) is 32.5 Å². The van der Waals surface area contributed by atoms with Gasteiger partial charge in [0.05, 0.1) is 17.5 Å². The molecule has 1 saturated heterocycles. The molecule has 0 amide bonds. The van der Waals surface area contributed by atoms with Crippen LogP contribution in [0.3, 0.4) is 0 Å². The Bertz CT molecular complexity index is 986. The van der Waals surface area contributed by atoms with Crippen molar-refractivity contribution in [3.05, 3.63) is 41.8 Å². The van der Waals surface area contributed by atoms with Crippen molar-refractivity contribution in [1.82, 2.24) is 19.7 Å². The van der Waals surface area contributed by atoms with Gasteiger partial charge in [-0.3, -0.25) is 4.57 Å². The second-order valence-corrected chi connectivity index (χ2v) is 7.94. The van der Waals surface area contributed by atoms with Crippen molar-refractivity contribution in [3.8, 4) is 10.7 Å². The van der Waals surface area contributed by atoms with Gasteiger partial charge in [0, 0.05) is 18.4 Å². The average molecular weight is 384 g/mol. The third-order valence-electron chi connectivity index (χ3n) is 4.32. The summed E-state index contributed by atoms with van der Waals surface area (Å²) in [6.07, 6.45) is 2.37. The van der Waals surface area contributed by atoms with Crippen LogP contribution in [0.1, 0.15) is 12.8 Å². The summed E-state index contributed by atoms with van der Waals surface area (Å²) in [5.41, 5.74) is 1.62. The fraction of sp³-hybridized carbons (Fsp3) is 0.278. The largest absolute Gasteiger partial charge is 0.431 e. The standard InChI is InChI=1S/C18H16N4O2S2/c1-2-7-14-13(6-1)19-18(24-14)26-17-21-20-16(15-8-4-10-25-15)22(17)11-12-5-3-9-23-12/h1-2,4,6-8,10,12H,3,5,9,11H2/t12-/m1/s1. The quantitative estimate of drug-likeness (QED) is 0.505. The molecule has 8 heteroatoms. The van der Waals surface area contributed by atoms with Gasteiger partial charge >= 0.3 is 0 Å². The zero-order chi connectivity index (χ0) is 17.3. The highest BCUT2D eigenvalue weighted by Crippen LogP contribution is 2.33. The first kappa shape index (κ1) is 16.0. The van der Waals surface area contributed by atoms with Gasteiger partial charge < -0.3 is 9.15 Å². The Morgan fingerprint density at radius 2 is 2.15 bits per heavy atom. The van der Waals surface area contributed by atoms with E-state index in [1.165, 1.54) is 11.8 Å². The van der Waals surface area contributed by atoms with Gasteiger partial charge in [-0.2, -0.15) is 0 Å². The molecule has 3 aromatic heterocycles. The smallest absolute Gasteiger partial charge is 0.264 e. The summed E-state index contributed by atoms with van der Waals surface area (Å²) >= 11 is 3.06. The highest BCUT2D eigenvalue weighted by molar-refractivity contribution is 7.99. The first-order chi connectivity index (χ1) is 12.9. The Balaban J connectivity index is 1.50. The number of para-hydroxylation sites is 2. The fourth-order valence-electron chi connectivity index (χ4n) is 3.08. The lowest BCUT2D eigenvalue weighted by atomic mass is 10.2. The number of benzene rings is 1. The number of nitrogens with zero attached hydrogens (tertiary/aromatic N) is 4. The molecular weight excluding hydrogens is 368 g/mol. The van der Waals surface area contributed by atoms with E-state index in [1.54, 1.807) is 11.3 Å². The second-order valence-electron chi connectivity index (χ2n) is 6.08. The van der Waals surface area contributed by atoms with E-state index in [9.17, 15) is 0 Å². The molecule has 0 N–H and O–H groups in total. The second kappa shape index (κ2) is 6.86. The van der Waals surface area contributed by atoms with Gasteiger partial charge in [0.1, 0.15) is 5.52 Å². The first-order valence-electron chi connectivity index (χ1n) is 8.49. The lowest BCUT2D eigenvalue weighted by molar-refractivity contribution is 0.0953. The van der Waals surface area contributed by atoms with E-state index in [2.05, 4.69) is 25.8 Å². The molecule has 132 valence electrons. The molecule has 1 aliphatic rings. The van der Waals surface area contributed by atoms with Crippen molar-refractivity contribution < 1.29 is 9.15 Å². The van der Waals surface area contributed by atoms with E-state index >= 15 is 0 Å². The minimum Gasteiger partial charge on any atom is -0.431 e. The van der Waals surface area contributed by atoms with Crippen LogP contribution in [0.25, 0.3) is 21.8 Å². The summed E-state index contributed by atoms with van der Waals surface area (Å²) < 4.78 is 13.8. The van der Waals surface area contributed by atoms with E-state index in [-0.39, 0.29) is 6.10 Å². The highest BCUT2D eigenvalue weighted by atomic mass is 32.2. The summed E-state index contributed by atoms with van der Waals surface area (Å²) in [6, 6.07) is 11.8. The van der Waals surface area contributed by atoms with Gasteiger partial charge in [-0.25, -0.2) is 4.98 Å². The topological polar surface area (TPSA) is 66.0 Å². The Labute approximate surface area is 158 Å². The predicted octanol–water partition coefficient (Wildman–Crippen LogP) is 4.48. The van der Waals surface area contributed by atoms with Gasteiger partial charge in [0.25, 0.3) is 5.22 Å². The number of oxazole rings is 1. The maximum atomic E-state index is 5.84. The number of hydrogen-bond acceptors (Lipinski definition) is 7. The van der Waals surface area contributed by atoms with Gasteiger partial charge in [-0.05, 0) is 36.4 Å². The van der Waals surface area contributed by atoms with Crippen LogP contribution in [-0.2, 0) is 11.3 Å². The zero-order valence-corrected chi connectivity index (χ0v) is 15.5. The van der Waals surface area contributed by atoms with Crippen LogP contribution in [0.2, 0.25) is 0 Å². The predicted molar refractivity (Wildman–Crippen MR) is 100 cm³/mol. The fourth-order valence-corrected chi connectivity index (χ4v) is 4.58. The lowest BCUT2D eigenvalue weighted by Gasteiger charge is -2.13. The van der Waals surface area contributed by atoms with E-state index in [1.807, 2.05) is 35.7 Å². The molecule has 4 aromatic rings. The highest BCUT2D eigenvalue weighted by Gasteiger charge is 2.23. The molecule has 0 bridgehead atoms. The van der Waals surface area contributed by atoms with Crippen LogP contribution in [0.15, 0.2) is 56.6 Å². The number of ether oxygens (including phenoxy) is 1. The maximum Gasteiger partial charge on any atom is 0.264 e. The van der Waals surface area contributed by atoms with Crippen LogP contribution in [0.4, 0.5) is 0 Å². The summed E-state index contributed by atoms with van der Waals surface area (Å²) in [4.78, 5) is 5.64. The number of thiophene rings is 1. The summed E-state index contributed by atoms with van der Waals surface area (Å²) in [5.74, 6) is 0.870. The Morgan fingerprint density at radius 1 is 1.19 bits per heavy atom. The van der Waals surface area contributed by atoms with Crippen LogP contribution in [0.5, 0.6) is 0 Å². The first-order valence-corrected chi connectivity index (χ1v) is 10.2. The zero-order valence-electron chi connectivity index (χ0n) is 13.9. The Kier molecular flexibility index (Phi) is 4.24. The van der Waals surface area contributed by atoms with E-state index in [4.69, 9.17) is 9.15 Å². The number of hydrogen-bond donors (Lipinski definition) is 0. The summed E-state index contributed by atoms with van der Waals surface area (Å²) in [7, 11) is 0. The van der Waals surface area contributed by atoms with Gasteiger partial charge in [0.2, 0.25) is 5.16 Å². The minimum atomic E-state index is 0.202. The molecule has 26 heavy (non-hydrogen) atoms. The molecule has 0 unspecified atom stereocenters. The van der Waals surface area contributed by atoms with Crippen molar-refractivity contribution >= 4 is 34.2 Å². The molecule has 0 radical (unpaired) electrons. The van der Waals surface area contributed by atoms with Gasteiger partial charge in [-0.15, -0.1) is 21.5 Å². The molecule has 5 rings (SSSR count). The molecule has 1 aromatic carbocycles. The number of fused-ring (bicyclic) bond motifs is 1. The lowest BCUT2D eigenvalue weighted by Crippen LogP contribution is -2.16. The molecule has 0 aliphatic carbocycles. The van der Waals surface area contributed by atoms with Crippen LogP contribution >= 0.6 is 23.1 Å². The minimum absolute atomic E-state index is 0.202. The summed E-state index contributed by atoms with van der Waals surface area (Å²) in [5, 5.41) is 12.2. The number of aromatic nitrogens is 4. The van der Waals surface area contributed by atoms with Crippen LogP contribution < -0.4 is 0 Å². The average Bonchev–Trinajstić information content (AvgIpc) is 3.43. The summed E-state index contributed by atoms with van der Waals surface area (Å²) in [6.45, 7) is 1.57. The Hall–Kier alpha value is -2.16. The third-order valence-corrected chi connectivity index (χ3v) is 6.02. The van der Waals surface area contributed by atoms with Crippen molar-refractivity contribution in [2.24, 2.45) is 0 Å². The molecule has 0 spiro atoms. The molecule has 1 aliphatic heterocycles. The molecular formula is C18H16N4O2S2. The number of rotatable bonds is 5. The molecule has 1 fully saturated rings. The van der Waals surface area contributed by atoms with E-state index in [0.717, 1.165) is 53.0 Å². The van der Waals surface area contributed by atoms with E-state index < -0.39 is 0 Å². The van der Waals surface area contributed by atoms with Crippen LogP contribution in [0, 0.1) is 0 Å². The van der Waals surface area contributed by atoms with Crippen molar-refractivity contribution in [2.75, 3.05) is 6.61 Å². The van der Waals surface area contributed by atoms with Crippen molar-refractivity contribution in [1.29, 1.82) is 0 Å². The van der Waals surface area contributed by atoms with E-state index in [0.29, 0.717) is 5.22 Å². The monoisotopic (exact) mass is 384 g/mol. The van der Waals surface area contributed by atoms with Crippen molar-refractivity contribution in [3.63, 3.8) is 0 Å². The van der Waals surface area contributed by atoms with Gasteiger partial charge in [-0.1, -0.05) is 18.2 Å². The third kappa shape index (κ3) is 3.04. The Morgan fingerprint density at radius 3 is 2.96 bits per heavy atom. The maximum absolute atomic E-state index is 5.84. The molecule has 1 atom stereocenters. The molecule has 4 heterocycles. The normalized spacial score (nSPS) is 17.3. The molecule has 6 nitrogen and oxygen atoms in total. The molecule has 0 saturated carbocycles.